The van der Waals surface area contributed by atoms with Crippen LogP contribution < -0.4 is 5.32 Å². The quantitative estimate of drug-likeness (QED) is 0.568. The molecule has 1 rings (SSSR count). The predicted molar refractivity (Wildman–Crippen MR) is 85.6 cm³/mol. The van der Waals surface area contributed by atoms with Gasteiger partial charge in [-0.15, -0.1) is 0 Å². The van der Waals surface area contributed by atoms with Crippen molar-refractivity contribution in [3.05, 3.63) is 27.3 Å². The number of nitrogens with one attached hydrogen (secondary N) is 1. The van der Waals surface area contributed by atoms with E-state index in [0.717, 1.165) is 29.6 Å². The van der Waals surface area contributed by atoms with Gasteiger partial charge in [0.05, 0.1) is 5.56 Å². The second-order valence-corrected chi connectivity index (χ2v) is 5.54. The van der Waals surface area contributed by atoms with Crippen LogP contribution in [-0.2, 0) is 0 Å². The largest absolute Gasteiger partial charge is 0.507 e. The molecule has 4 nitrogen and oxygen atoms in total. The molecule has 19 heavy (non-hydrogen) atoms. The standard InChI is InChI=1S/C14H21IN2O2/c1-3-17(4-2)9-5-8-16-14(19)12-10-11(15)6-7-13(12)18/h6-7,10,18H,3-5,8-9H2,1-2H3,(H,16,19). The number of carbonyl (C=O) groups excluding carboxylic acids is 1. The summed E-state index contributed by atoms with van der Waals surface area (Å²) in [7, 11) is 0. The molecular weight excluding hydrogens is 355 g/mol. The summed E-state index contributed by atoms with van der Waals surface area (Å²) < 4.78 is 0.934. The Bertz CT molecular complexity index is 420. The number of phenols is 1. The van der Waals surface area contributed by atoms with E-state index in [0.29, 0.717) is 12.1 Å². The molecule has 0 aromatic heterocycles. The van der Waals surface area contributed by atoms with Gasteiger partial charge < -0.3 is 15.3 Å². The highest BCUT2D eigenvalue weighted by Gasteiger charge is 2.10. The van der Waals surface area contributed by atoms with Crippen molar-refractivity contribution < 1.29 is 9.90 Å². The van der Waals surface area contributed by atoms with Gasteiger partial charge in [0.15, 0.2) is 0 Å². The maximum Gasteiger partial charge on any atom is 0.255 e. The zero-order valence-corrected chi connectivity index (χ0v) is 13.6. The van der Waals surface area contributed by atoms with Crippen LogP contribution in [0.25, 0.3) is 0 Å². The summed E-state index contributed by atoms with van der Waals surface area (Å²) in [6.45, 7) is 7.92. The van der Waals surface area contributed by atoms with Gasteiger partial charge in [-0.1, -0.05) is 13.8 Å². The van der Waals surface area contributed by atoms with Crippen molar-refractivity contribution in [3.63, 3.8) is 0 Å². The molecular formula is C14H21IN2O2. The number of phenolic OH excluding ortho intramolecular Hbond substituents is 1. The van der Waals surface area contributed by atoms with Gasteiger partial charge in [0.25, 0.3) is 5.91 Å². The molecule has 0 saturated heterocycles. The zero-order valence-electron chi connectivity index (χ0n) is 11.4. The number of benzene rings is 1. The first-order valence-electron chi connectivity index (χ1n) is 6.57. The molecule has 0 saturated carbocycles. The van der Waals surface area contributed by atoms with Crippen LogP contribution >= 0.6 is 22.6 Å². The van der Waals surface area contributed by atoms with E-state index in [1.54, 1.807) is 18.2 Å². The molecule has 0 aliphatic heterocycles. The summed E-state index contributed by atoms with van der Waals surface area (Å²) in [5, 5.41) is 12.5. The Morgan fingerprint density at radius 2 is 2.05 bits per heavy atom. The Balaban J connectivity index is 2.41. The first-order valence-corrected chi connectivity index (χ1v) is 7.65. The van der Waals surface area contributed by atoms with E-state index in [9.17, 15) is 9.90 Å². The Morgan fingerprint density at radius 1 is 1.37 bits per heavy atom. The zero-order chi connectivity index (χ0) is 14.3. The normalized spacial score (nSPS) is 10.7. The van der Waals surface area contributed by atoms with Gasteiger partial charge >= 0.3 is 0 Å². The summed E-state index contributed by atoms with van der Waals surface area (Å²) >= 11 is 2.12. The van der Waals surface area contributed by atoms with Crippen LogP contribution in [0.4, 0.5) is 0 Å². The summed E-state index contributed by atoms with van der Waals surface area (Å²) in [5.41, 5.74) is 0.342. The lowest BCUT2D eigenvalue weighted by atomic mass is 10.2. The highest BCUT2D eigenvalue weighted by Crippen LogP contribution is 2.19. The van der Waals surface area contributed by atoms with Crippen molar-refractivity contribution in [2.75, 3.05) is 26.2 Å². The van der Waals surface area contributed by atoms with Gasteiger partial charge in [0.2, 0.25) is 0 Å². The van der Waals surface area contributed by atoms with Crippen molar-refractivity contribution in [2.45, 2.75) is 20.3 Å². The van der Waals surface area contributed by atoms with Gasteiger partial charge in [0.1, 0.15) is 5.75 Å². The summed E-state index contributed by atoms with van der Waals surface area (Å²) in [5.74, 6) is -0.183. The highest BCUT2D eigenvalue weighted by atomic mass is 127. The maximum atomic E-state index is 11.9. The summed E-state index contributed by atoms with van der Waals surface area (Å²) in [4.78, 5) is 14.2. The topological polar surface area (TPSA) is 52.6 Å². The lowest BCUT2D eigenvalue weighted by molar-refractivity contribution is 0.0949. The van der Waals surface area contributed by atoms with E-state index in [1.165, 1.54) is 0 Å². The highest BCUT2D eigenvalue weighted by molar-refractivity contribution is 14.1. The van der Waals surface area contributed by atoms with Crippen molar-refractivity contribution in [1.82, 2.24) is 10.2 Å². The predicted octanol–water partition coefficient (Wildman–Crippen LogP) is 2.46. The van der Waals surface area contributed by atoms with Crippen LogP contribution in [0, 0.1) is 3.57 Å². The number of hydrogen-bond acceptors (Lipinski definition) is 3. The van der Waals surface area contributed by atoms with Gasteiger partial charge in [0, 0.05) is 10.1 Å². The van der Waals surface area contributed by atoms with Crippen molar-refractivity contribution in [2.24, 2.45) is 0 Å². The SMILES string of the molecule is CCN(CC)CCCNC(=O)c1cc(I)ccc1O. The van der Waals surface area contributed by atoms with Crippen LogP contribution in [0.5, 0.6) is 5.75 Å². The number of hydrogen-bond donors (Lipinski definition) is 2. The molecule has 0 fully saturated rings. The third-order valence-electron chi connectivity index (χ3n) is 3.03. The minimum Gasteiger partial charge on any atom is -0.507 e. The molecule has 1 aromatic carbocycles. The third kappa shape index (κ3) is 5.36. The molecule has 0 radical (unpaired) electrons. The van der Waals surface area contributed by atoms with Gasteiger partial charge in [-0.25, -0.2) is 0 Å². The number of aromatic hydroxyl groups is 1. The van der Waals surface area contributed by atoms with Crippen LogP contribution in [0.1, 0.15) is 30.6 Å². The number of rotatable bonds is 7. The van der Waals surface area contributed by atoms with Gasteiger partial charge in [-0.3, -0.25) is 4.79 Å². The molecule has 0 atom stereocenters. The number of nitrogens with zero attached hydrogens (tertiary/aromatic N) is 1. The molecule has 0 aliphatic carbocycles. The molecule has 0 unspecified atom stereocenters. The third-order valence-corrected chi connectivity index (χ3v) is 3.71. The lowest BCUT2D eigenvalue weighted by Crippen LogP contribution is -2.30. The Kier molecular flexibility index (Phi) is 7.15. The minimum absolute atomic E-state index is 0.0293. The molecule has 1 amide bonds. The second-order valence-electron chi connectivity index (χ2n) is 4.30. The molecule has 0 aliphatic rings. The minimum atomic E-state index is -0.212. The number of amides is 1. The first kappa shape index (κ1) is 16.2. The fraction of sp³-hybridized carbons (Fsp3) is 0.500. The van der Waals surface area contributed by atoms with Crippen LogP contribution in [0.15, 0.2) is 18.2 Å². The van der Waals surface area contributed by atoms with Crippen molar-refractivity contribution in [1.29, 1.82) is 0 Å². The van der Waals surface area contributed by atoms with E-state index in [1.807, 2.05) is 0 Å². The first-order chi connectivity index (χ1) is 9.08. The van der Waals surface area contributed by atoms with E-state index in [-0.39, 0.29) is 11.7 Å². The van der Waals surface area contributed by atoms with E-state index >= 15 is 0 Å². The van der Waals surface area contributed by atoms with Crippen LogP contribution in [-0.4, -0.2) is 42.1 Å². The molecule has 5 heteroatoms. The summed E-state index contributed by atoms with van der Waals surface area (Å²) in [6.07, 6.45) is 0.915. The van der Waals surface area contributed by atoms with Crippen LogP contribution in [0.3, 0.4) is 0 Å². The lowest BCUT2D eigenvalue weighted by Gasteiger charge is -2.17. The number of carbonyl (C=O) groups is 1. The Labute approximate surface area is 128 Å². The maximum absolute atomic E-state index is 11.9. The molecule has 2 N–H and O–H groups in total. The molecule has 1 aromatic rings. The fourth-order valence-corrected chi connectivity index (χ4v) is 2.32. The van der Waals surface area contributed by atoms with E-state index in [4.69, 9.17) is 0 Å². The second kappa shape index (κ2) is 8.37. The molecule has 0 spiro atoms. The van der Waals surface area contributed by atoms with E-state index in [2.05, 4.69) is 46.7 Å². The average Bonchev–Trinajstić information content (AvgIpc) is 2.41. The molecule has 106 valence electrons. The number of halogens is 1. The van der Waals surface area contributed by atoms with Crippen LogP contribution in [0.2, 0.25) is 0 Å². The molecule has 0 bridgehead atoms. The van der Waals surface area contributed by atoms with Gasteiger partial charge in [-0.2, -0.15) is 0 Å². The Morgan fingerprint density at radius 3 is 2.68 bits per heavy atom. The van der Waals surface area contributed by atoms with Crippen molar-refractivity contribution >= 4 is 28.5 Å². The average molecular weight is 376 g/mol. The van der Waals surface area contributed by atoms with Crippen molar-refractivity contribution in [3.8, 4) is 5.75 Å². The Hall–Kier alpha value is -0.820. The monoisotopic (exact) mass is 376 g/mol. The van der Waals surface area contributed by atoms with E-state index < -0.39 is 0 Å². The molecule has 0 heterocycles. The fourth-order valence-electron chi connectivity index (χ4n) is 1.83. The smallest absolute Gasteiger partial charge is 0.255 e. The van der Waals surface area contributed by atoms with Gasteiger partial charge in [-0.05, 0) is 66.8 Å². The summed E-state index contributed by atoms with van der Waals surface area (Å²) in [6, 6.07) is 5.01.